The first-order chi connectivity index (χ1) is 46.8. The van der Waals surface area contributed by atoms with Crippen molar-refractivity contribution in [1.29, 1.82) is 0 Å². The minimum absolute atomic E-state index is 0.00921. The van der Waals surface area contributed by atoms with E-state index in [9.17, 15) is 19.5 Å². The largest absolute Gasteiger partial charge is 0.505 e. The minimum atomic E-state index is -0.986. The van der Waals surface area contributed by atoms with Gasteiger partial charge in [-0.3, -0.25) is 39.5 Å². The van der Waals surface area contributed by atoms with E-state index in [4.69, 9.17) is 38.6 Å². The van der Waals surface area contributed by atoms with Gasteiger partial charge >= 0.3 is 5.97 Å². The van der Waals surface area contributed by atoms with Crippen LogP contribution >= 0.6 is 12.2 Å². The van der Waals surface area contributed by atoms with Crippen LogP contribution in [0.25, 0.3) is 34.3 Å². The first-order valence-corrected chi connectivity index (χ1v) is 31.2. The summed E-state index contributed by atoms with van der Waals surface area (Å²) < 4.78 is 9.01. The lowest BCUT2D eigenvalue weighted by molar-refractivity contribution is 0.0690. The number of imidazole rings is 2. The van der Waals surface area contributed by atoms with Crippen LogP contribution in [0.4, 0.5) is 0 Å². The zero-order chi connectivity index (χ0) is 72.4. The van der Waals surface area contributed by atoms with Gasteiger partial charge < -0.3 is 55.6 Å². The number of nitrogens with one attached hydrogen (secondary N) is 3. The fraction of sp³-hybridized carbons (Fsp3) is 0.230. The second-order valence-corrected chi connectivity index (χ2v) is 22.1. The minimum Gasteiger partial charge on any atom is -0.505 e. The van der Waals surface area contributed by atoms with E-state index in [1.54, 1.807) is 86.4 Å². The van der Waals surface area contributed by atoms with Crippen LogP contribution in [0.1, 0.15) is 73.4 Å². The summed E-state index contributed by atoms with van der Waals surface area (Å²) in [4.78, 5) is 76.5. The van der Waals surface area contributed by atoms with Crippen molar-refractivity contribution < 1.29 is 24.9 Å². The monoisotopic (exact) mass is 1350 g/mol. The lowest BCUT2D eigenvalue weighted by Crippen LogP contribution is -2.34. The Morgan fingerprint density at radius 1 is 0.541 bits per heavy atom. The number of carbonyl (C=O) groups is 1. The van der Waals surface area contributed by atoms with E-state index in [0.29, 0.717) is 30.0 Å². The molecule has 514 valence electrons. The number of nitrogens with two attached hydrogens (primary N) is 2. The number of pyridine rings is 10. The molecule has 98 heavy (non-hydrogen) atoms. The molecule has 0 aliphatic rings. The van der Waals surface area contributed by atoms with Gasteiger partial charge in [0.05, 0.1) is 57.8 Å². The van der Waals surface area contributed by atoms with Gasteiger partial charge in [-0.2, -0.15) is 0 Å². The van der Waals surface area contributed by atoms with E-state index in [1.807, 2.05) is 191 Å². The predicted octanol–water partition coefficient (Wildman–Crippen LogP) is 12.3. The Hall–Kier alpha value is -11.3. The molecule has 0 saturated heterocycles. The van der Waals surface area contributed by atoms with Crippen LogP contribution < -0.4 is 22.5 Å². The Morgan fingerprint density at radius 2 is 1.09 bits per heavy atom. The van der Waals surface area contributed by atoms with Crippen molar-refractivity contribution in [2.75, 3.05) is 19.8 Å². The summed E-state index contributed by atoms with van der Waals surface area (Å²) in [6.45, 7) is 23.1. The molecule has 12 heterocycles. The fourth-order valence-corrected chi connectivity index (χ4v) is 7.22. The van der Waals surface area contributed by atoms with E-state index >= 15 is 0 Å². The zero-order valence-corrected chi connectivity index (χ0v) is 58.6. The van der Waals surface area contributed by atoms with Crippen LogP contribution in [0.15, 0.2) is 218 Å². The molecule has 0 radical (unpaired) electrons. The number of nitrogens with zero attached hydrogens (tertiary/aromatic N) is 11. The average Bonchev–Trinajstić information content (AvgIpc) is 1.15. The van der Waals surface area contributed by atoms with E-state index in [-0.39, 0.29) is 34.2 Å². The summed E-state index contributed by atoms with van der Waals surface area (Å²) in [6.07, 6.45) is 26.4. The van der Waals surface area contributed by atoms with Crippen LogP contribution in [0.5, 0.6) is 11.5 Å². The van der Waals surface area contributed by atoms with Crippen molar-refractivity contribution >= 4 is 18.2 Å². The van der Waals surface area contributed by atoms with Crippen LogP contribution in [-0.2, 0) is 18.8 Å². The number of aromatic amines is 3. The molecule has 1 atom stereocenters. The molecular weight excluding hydrogens is 1260 g/mol. The van der Waals surface area contributed by atoms with Gasteiger partial charge in [-0.25, -0.2) is 19.7 Å². The van der Waals surface area contributed by atoms with Gasteiger partial charge in [0.2, 0.25) is 11.0 Å². The lowest BCUT2D eigenvalue weighted by atomic mass is 10.2. The van der Waals surface area contributed by atoms with E-state index in [0.717, 1.165) is 62.4 Å². The SMILES string of the molecule is CCOCC(N)CN.Cc1c(O)c(=O)ccn1C.Cc1c(O)c(=S)ccn1C.Cc1ccc(-c2ccccn2)nc1.Cc1ccc(-c2cnc[nH]2)nc1.Cc1ccc(-c2ncc[nH]2)nc1.Cc1ccc(=O)[nH]c1.Cc1ccc(C(=O)O)nc1.Cc1ccc(C)nc1.Cc1cccnc1. The number of aryl methyl sites for hydroxylation is 10. The van der Waals surface area contributed by atoms with Crippen LogP contribution in [-0.4, -0.2) is 116 Å². The highest BCUT2D eigenvalue weighted by molar-refractivity contribution is 7.71. The van der Waals surface area contributed by atoms with E-state index in [1.165, 1.54) is 46.6 Å². The maximum absolute atomic E-state index is 10.7. The number of rotatable bonds is 8. The maximum Gasteiger partial charge on any atom is 0.354 e. The molecule has 0 spiro atoms. The van der Waals surface area contributed by atoms with Gasteiger partial charge in [-0.15, -0.1) is 0 Å². The Balaban J connectivity index is 0.000000285. The molecule has 23 nitrogen and oxygen atoms in total. The number of aromatic nitrogens is 14. The Labute approximate surface area is 577 Å². The molecule has 0 aromatic carbocycles. The molecule has 1 unspecified atom stereocenters. The normalized spacial score (nSPS) is 9.99. The van der Waals surface area contributed by atoms with Crippen LogP contribution in [0.3, 0.4) is 0 Å². The smallest absolute Gasteiger partial charge is 0.354 e. The first kappa shape index (κ1) is 80.9. The van der Waals surface area contributed by atoms with Crippen molar-refractivity contribution in [3.63, 3.8) is 0 Å². The van der Waals surface area contributed by atoms with Gasteiger partial charge in [-0.05, 0) is 170 Å². The Kier molecular flexibility index (Phi) is 37.3. The summed E-state index contributed by atoms with van der Waals surface area (Å²) in [6, 6.07) is 35.4. The fourth-order valence-electron chi connectivity index (χ4n) is 7.01. The number of H-pyrrole nitrogens is 3. The van der Waals surface area contributed by atoms with Gasteiger partial charge in [0.1, 0.15) is 11.4 Å². The first-order valence-electron chi connectivity index (χ1n) is 30.8. The van der Waals surface area contributed by atoms with E-state index < -0.39 is 5.97 Å². The number of aromatic carboxylic acids is 1. The van der Waals surface area contributed by atoms with Crippen LogP contribution in [0, 0.1) is 73.7 Å². The molecule has 0 bridgehead atoms. The van der Waals surface area contributed by atoms with Crippen molar-refractivity contribution in [3.05, 3.63) is 295 Å². The van der Waals surface area contributed by atoms with Gasteiger partial charge in [-0.1, -0.05) is 60.7 Å². The number of hydrogen-bond acceptors (Lipinski definition) is 18. The standard InChI is InChI=1S/C11H10N2.2C9H9N3.C7H9NO2.C7H7NO2.C7H9NOS.C7H9N.C6H7NO.C6H7N.C5H14N2O/c1-9-5-6-11(13-8-9)10-4-2-3-7-12-10;1-7-2-3-8(11-4-7)9-5-10-6-12-9;1-7-2-3-8(12-6-7)9-10-4-5-11-9;1-5-7(10)6(9)3-4-8(5)2;1-5-2-3-6(7(9)10)8-4-5;1-5-7(9)6(10)3-4-8(5)2;1-6-3-4-7(2)8-5-6;1-5-2-3-6(8)7-4-5;1-6-3-2-4-7-5-6;1-2-8-4-5(7)3-6/h2-8H,1H3;2-6H,1H3,(H,10,12);2-6H,1H3,(H,10,11);3-4,10H,1-2H3;2-4H,1H3,(H,9,10);3-4,9H,1-2H3;3-5H,1-2H3;2-4H,1H3,(H,7,8);2-5H,1H3;5H,2-4,6-7H2,1H3. The third-order valence-electron chi connectivity index (χ3n) is 13.1. The Morgan fingerprint density at radius 3 is 1.50 bits per heavy atom. The highest BCUT2D eigenvalue weighted by Gasteiger charge is 2.04. The molecule has 0 amide bonds. The Bertz CT molecular complexity index is 4130. The molecule has 24 heteroatoms. The molecule has 12 aromatic rings. The second-order valence-electron chi connectivity index (χ2n) is 21.6. The molecule has 10 N–H and O–H groups in total. The van der Waals surface area contributed by atoms with Crippen molar-refractivity contribution in [2.45, 2.75) is 82.2 Å². The zero-order valence-electron chi connectivity index (χ0n) is 57.8. The number of ether oxygens (including phenoxy) is 1. The summed E-state index contributed by atoms with van der Waals surface area (Å²) in [5.74, 6) is -0.125. The number of carboxylic acid groups (broad SMARTS) is 1. The van der Waals surface area contributed by atoms with Gasteiger partial charge in [0, 0.05) is 132 Å². The summed E-state index contributed by atoms with van der Waals surface area (Å²) in [7, 11) is 3.64. The highest BCUT2D eigenvalue weighted by atomic mass is 32.1. The second kappa shape index (κ2) is 45.1. The van der Waals surface area contributed by atoms with Gasteiger partial charge in [0.15, 0.2) is 17.3 Å². The third-order valence-corrected chi connectivity index (χ3v) is 13.4. The molecule has 12 aromatic heterocycles. The maximum atomic E-state index is 10.7. The molecule has 0 aliphatic carbocycles. The lowest BCUT2D eigenvalue weighted by Gasteiger charge is -2.06. The van der Waals surface area contributed by atoms with E-state index in [2.05, 4.69) is 65.9 Å². The summed E-state index contributed by atoms with van der Waals surface area (Å²) in [5, 5.41) is 26.7. The van der Waals surface area contributed by atoms with Crippen molar-refractivity contribution in [3.8, 4) is 45.8 Å². The van der Waals surface area contributed by atoms with Crippen molar-refractivity contribution in [1.82, 2.24) is 68.9 Å². The molecule has 0 saturated carbocycles. The molecule has 12 rings (SSSR count). The molecule has 0 aliphatic heterocycles. The van der Waals surface area contributed by atoms with Gasteiger partial charge in [0.25, 0.3) is 0 Å². The average molecular weight is 1350 g/mol. The van der Waals surface area contributed by atoms with Crippen LogP contribution in [0.2, 0.25) is 0 Å². The quantitative estimate of drug-likeness (QED) is 0.0655. The molecule has 0 fully saturated rings. The predicted molar refractivity (Wildman–Crippen MR) is 390 cm³/mol. The third kappa shape index (κ3) is 32.7. The topological polar surface area (TPSA) is 346 Å². The summed E-state index contributed by atoms with van der Waals surface area (Å²) >= 11 is 4.84. The molecular formula is C74H90N16O7S. The number of hydrogen-bond donors (Lipinski definition) is 8. The summed E-state index contributed by atoms with van der Waals surface area (Å²) in [5.41, 5.74) is 25.4. The number of aromatic hydroxyl groups is 2. The number of carboxylic acids is 1. The highest BCUT2D eigenvalue weighted by Crippen LogP contribution is 2.17. The van der Waals surface area contributed by atoms with Crippen molar-refractivity contribution in [2.24, 2.45) is 25.6 Å².